The van der Waals surface area contributed by atoms with Gasteiger partial charge in [-0.05, 0) is 24.1 Å². The Morgan fingerprint density at radius 3 is 2.69 bits per heavy atom. The van der Waals surface area contributed by atoms with Gasteiger partial charge in [0, 0.05) is 16.0 Å². The number of amides is 1. The first-order valence-electron chi connectivity index (χ1n) is 10.4. The summed E-state index contributed by atoms with van der Waals surface area (Å²) in [6.45, 7) is 1.24. The van der Waals surface area contributed by atoms with Crippen LogP contribution >= 0.6 is 39.1 Å². The molecule has 0 radical (unpaired) electrons. The zero-order chi connectivity index (χ0) is 22.7. The van der Waals surface area contributed by atoms with Crippen molar-refractivity contribution in [1.29, 1.82) is 0 Å². The van der Waals surface area contributed by atoms with Gasteiger partial charge in [-0.3, -0.25) is 0 Å². The van der Waals surface area contributed by atoms with Gasteiger partial charge in [-0.2, -0.15) is 0 Å². The third kappa shape index (κ3) is 5.82. The minimum atomic E-state index is -0.139. The maximum absolute atomic E-state index is 12.5. The zero-order valence-corrected chi connectivity index (χ0v) is 22.6. The molecule has 0 aromatic heterocycles. The van der Waals surface area contributed by atoms with Crippen LogP contribution in [0.5, 0.6) is 17.2 Å². The molecule has 0 fully saturated rings. The number of halogens is 3. The van der Waals surface area contributed by atoms with Crippen molar-refractivity contribution in [3.8, 4) is 17.2 Å². The first kappa shape index (κ1) is 23.9. The Labute approximate surface area is 223 Å². The molecule has 1 N–H and O–H groups in total. The molecular weight excluding hydrogens is 524 g/mol. The van der Waals surface area contributed by atoms with Crippen molar-refractivity contribution < 1.29 is 14.3 Å². The van der Waals surface area contributed by atoms with E-state index in [0.29, 0.717) is 43.2 Å². The van der Waals surface area contributed by atoms with Crippen LogP contribution in [0.2, 0.25) is 10.0 Å². The quantitative estimate of drug-likeness (QED) is 0.361. The predicted molar refractivity (Wildman–Crippen MR) is 132 cm³/mol. The molecule has 32 heavy (non-hydrogen) atoms. The van der Waals surface area contributed by atoms with Crippen LogP contribution in [-0.2, 0) is 6.42 Å². The number of ether oxygens (including phenoxy) is 2. The third-order valence-corrected chi connectivity index (χ3v) is 7.91. The fourth-order valence-corrected chi connectivity index (χ4v) is 5.36. The predicted octanol–water partition coefficient (Wildman–Crippen LogP) is 6.51. The summed E-state index contributed by atoms with van der Waals surface area (Å²) >= 11 is 17.0. The van der Waals surface area contributed by atoms with Gasteiger partial charge in [-0.25, -0.2) is 0 Å². The average Bonchev–Trinajstić information content (AvgIpc) is 2.77. The Morgan fingerprint density at radius 2 is 1.94 bits per heavy atom. The molecule has 3 aromatic carbocycles. The molecule has 1 aliphatic rings. The summed E-state index contributed by atoms with van der Waals surface area (Å²) < 4.78 is 13.2. The summed E-state index contributed by atoms with van der Waals surface area (Å²) in [5.41, 5.74) is 2.81. The van der Waals surface area contributed by atoms with Crippen molar-refractivity contribution in [1.82, 2.24) is 5.32 Å². The van der Waals surface area contributed by atoms with Crippen LogP contribution in [0.1, 0.15) is 31.1 Å². The van der Waals surface area contributed by atoms with Gasteiger partial charge in [0.2, 0.25) is 0 Å². The minimum absolute atomic E-state index is 0.139. The molecule has 1 heterocycles. The molecule has 4 nitrogen and oxygen atoms in total. The molecule has 1 unspecified atom stereocenters. The molecule has 3 aromatic rings. The van der Waals surface area contributed by atoms with Crippen LogP contribution in [0.3, 0.4) is 0 Å². The van der Waals surface area contributed by atoms with Gasteiger partial charge in [0.15, 0.2) is 0 Å². The van der Waals surface area contributed by atoms with Gasteiger partial charge in [0.05, 0.1) is 0 Å². The van der Waals surface area contributed by atoms with E-state index in [-0.39, 0.29) is 5.91 Å². The normalized spacial score (nSPS) is 15.0. The molecule has 0 spiro atoms. The van der Waals surface area contributed by atoms with Gasteiger partial charge in [0.25, 0.3) is 0 Å². The van der Waals surface area contributed by atoms with E-state index >= 15 is 0 Å². The second-order valence-electron chi connectivity index (χ2n) is 7.73. The molecule has 160 valence electrons. The average molecular weight is 543 g/mol. The molecule has 1 atom stereocenters. The van der Waals surface area contributed by atoms with Crippen LogP contribution in [0, 0.1) is 0 Å². The first-order chi connectivity index (χ1) is 15.4. The molecule has 0 saturated heterocycles. The van der Waals surface area contributed by atoms with Crippen molar-refractivity contribution in [2.24, 2.45) is 0 Å². The third-order valence-electron chi connectivity index (χ3n) is 5.44. The Kier molecular flexibility index (Phi) is 8.09. The number of fused-ring (bicyclic) bond motifs is 1. The van der Waals surface area contributed by atoms with Crippen molar-refractivity contribution >= 4 is 73.0 Å². The van der Waals surface area contributed by atoms with Gasteiger partial charge in [0.1, 0.15) is 0 Å². The second-order valence-corrected chi connectivity index (χ2v) is 10.8. The summed E-state index contributed by atoms with van der Waals surface area (Å²) in [6, 6.07) is 16.4. The van der Waals surface area contributed by atoms with E-state index in [1.54, 1.807) is 24.3 Å². The molecule has 8 heteroatoms. The Bertz CT molecular complexity index is 1140. The summed E-state index contributed by atoms with van der Waals surface area (Å²) in [4.78, 5) is 12.5. The number of nitrogens with one attached hydrogen (secondary N) is 1. The van der Waals surface area contributed by atoms with Crippen LogP contribution in [0.4, 0.5) is 0 Å². The van der Waals surface area contributed by atoms with Crippen molar-refractivity contribution in [3.63, 3.8) is 0 Å². The van der Waals surface area contributed by atoms with E-state index < -0.39 is 0 Å². The molecular formula is C24H19BrCl2NNaO3. The summed E-state index contributed by atoms with van der Waals surface area (Å²) in [5.74, 6) is 1.86. The molecule has 0 bridgehead atoms. The van der Waals surface area contributed by atoms with Crippen LogP contribution in [0.15, 0.2) is 59.1 Å². The fraction of sp³-hybridized carbons (Fsp3) is 0.208. The molecule has 1 aliphatic heterocycles. The number of carbonyl (C=O) groups excluding carboxylic acids is 1. The fourth-order valence-electron chi connectivity index (χ4n) is 3.58. The van der Waals surface area contributed by atoms with Crippen molar-refractivity contribution in [2.45, 2.75) is 16.0 Å². The number of benzene rings is 3. The van der Waals surface area contributed by atoms with E-state index in [9.17, 15) is 4.79 Å². The Morgan fingerprint density at radius 1 is 1.16 bits per heavy atom. The monoisotopic (exact) mass is 541 g/mol. The second kappa shape index (κ2) is 10.8. The molecule has 4 rings (SSSR count). The Hall–Kier alpha value is -1.21. The van der Waals surface area contributed by atoms with E-state index in [0.717, 1.165) is 62.3 Å². The van der Waals surface area contributed by atoms with Crippen molar-refractivity contribution in [2.75, 3.05) is 13.2 Å². The van der Waals surface area contributed by atoms with Gasteiger partial charge in [-0.15, -0.1) is 0 Å². The van der Waals surface area contributed by atoms with E-state index in [1.807, 2.05) is 30.3 Å². The maximum atomic E-state index is 12.5. The number of hydrogen-bond acceptors (Lipinski definition) is 3. The van der Waals surface area contributed by atoms with Gasteiger partial charge < -0.3 is 0 Å². The molecule has 0 saturated carbocycles. The van der Waals surface area contributed by atoms with E-state index in [4.69, 9.17) is 32.7 Å². The summed E-state index contributed by atoms with van der Waals surface area (Å²) in [5, 5.41) is 4.17. The summed E-state index contributed by atoms with van der Waals surface area (Å²) in [7, 11) is 0. The molecule has 0 aliphatic carbocycles. The SMILES string of the molecule is O=C(NCCc1ccc(Cl)cc1Br)c1ccc(Oc2cc3c(cc2Cl)[CH]([Na])CCO3)cc1. The van der Waals surface area contributed by atoms with Crippen LogP contribution in [0.25, 0.3) is 0 Å². The van der Waals surface area contributed by atoms with Gasteiger partial charge >= 0.3 is 151 Å². The standard InChI is InChI=1S/C24H19BrCl2NO3.Na/c25-20-13-18(26)6-3-15(20)9-10-28-24(29)16-4-7-19(8-5-16)31-23-14-22-17(12-21(23)27)2-1-11-30-22;/h2-8,12-14H,1,9-11H2,(H,28,29);. The van der Waals surface area contributed by atoms with E-state index in [1.165, 1.54) is 0 Å². The zero-order valence-electron chi connectivity index (χ0n) is 17.5. The summed E-state index contributed by atoms with van der Waals surface area (Å²) in [6.07, 6.45) is 1.74. The molecule has 1 amide bonds. The number of rotatable bonds is 6. The van der Waals surface area contributed by atoms with Crippen LogP contribution < -0.4 is 14.8 Å². The van der Waals surface area contributed by atoms with Gasteiger partial charge in [-0.1, -0.05) is 33.6 Å². The Balaban J connectivity index is 1.36. The van der Waals surface area contributed by atoms with Crippen molar-refractivity contribution in [3.05, 3.63) is 85.8 Å². The van der Waals surface area contributed by atoms with Crippen LogP contribution in [-0.4, -0.2) is 47.0 Å². The topological polar surface area (TPSA) is 47.6 Å². The first-order valence-corrected chi connectivity index (χ1v) is 13.1. The number of hydrogen-bond donors (Lipinski definition) is 1. The van der Waals surface area contributed by atoms with E-state index in [2.05, 4.69) is 21.2 Å². The number of carbonyl (C=O) groups is 1.